The number of halogens is 1. The molecule has 0 amide bonds. The number of aryl methyl sites for hydroxylation is 2. The summed E-state index contributed by atoms with van der Waals surface area (Å²) in [5.74, 6) is 0.618. The molecule has 4 nitrogen and oxygen atoms in total. The third-order valence-corrected chi connectivity index (χ3v) is 5.02. The van der Waals surface area contributed by atoms with Gasteiger partial charge in [-0.2, -0.15) is 5.10 Å². The van der Waals surface area contributed by atoms with Crippen LogP contribution in [0.3, 0.4) is 0 Å². The smallest absolute Gasteiger partial charge is 0.133 e. The number of likely N-dealkylation sites (tertiary alicyclic amines) is 1. The van der Waals surface area contributed by atoms with Crippen LogP contribution in [0.4, 0.5) is 0 Å². The molecule has 1 fully saturated rings. The Morgan fingerprint density at radius 1 is 1.42 bits per heavy atom. The average molecular weight is 328 g/mol. The molecule has 1 aromatic rings. The van der Waals surface area contributed by atoms with E-state index in [9.17, 15) is 4.79 Å². The highest BCUT2D eigenvalue weighted by Gasteiger charge is 2.24. The molecule has 1 aliphatic heterocycles. The van der Waals surface area contributed by atoms with E-state index in [1.54, 1.807) is 6.92 Å². The van der Waals surface area contributed by atoms with Gasteiger partial charge in [-0.1, -0.05) is 0 Å². The third kappa shape index (κ3) is 3.26. The predicted molar refractivity (Wildman–Crippen MR) is 79.0 cm³/mol. The van der Waals surface area contributed by atoms with Gasteiger partial charge in [0.15, 0.2) is 0 Å². The van der Waals surface area contributed by atoms with Crippen molar-refractivity contribution in [1.29, 1.82) is 0 Å². The highest BCUT2D eigenvalue weighted by molar-refractivity contribution is 9.10. The molecule has 0 saturated carbocycles. The molecule has 0 atom stereocenters. The molecular weight excluding hydrogens is 306 g/mol. The van der Waals surface area contributed by atoms with Crippen LogP contribution in [0.5, 0.6) is 0 Å². The van der Waals surface area contributed by atoms with Crippen molar-refractivity contribution in [2.24, 2.45) is 5.92 Å². The number of carbonyl (C=O) groups is 1. The summed E-state index contributed by atoms with van der Waals surface area (Å²) in [6, 6.07) is 0. The van der Waals surface area contributed by atoms with E-state index in [0.29, 0.717) is 5.78 Å². The van der Waals surface area contributed by atoms with E-state index < -0.39 is 0 Å². The largest absolute Gasteiger partial charge is 0.300 e. The normalized spacial score (nSPS) is 17.9. The molecule has 2 heterocycles. The van der Waals surface area contributed by atoms with Gasteiger partial charge in [0.1, 0.15) is 5.78 Å². The van der Waals surface area contributed by atoms with E-state index in [1.807, 2.05) is 6.92 Å². The molecule has 0 unspecified atom stereocenters. The summed E-state index contributed by atoms with van der Waals surface area (Å²) >= 11 is 3.64. The van der Waals surface area contributed by atoms with Crippen LogP contribution in [0.2, 0.25) is 0 Å². The van der Waals surface area contributed by atoms with Crippen LogP contribution in [0.15, 0.2) is 4.47 Å². The van der Waals surface area contributed by atoms with Crippen molar-refractivity contribution in [2.45, 2.75) is 46.7 Å². The molecule has 5 heteroatoms. The zero-order chi connectivity index (χ0) is 14.0. The second-order valence-electron chi connectivity index (χ2n) is 5.32. The fourth-order valence-corrected chi connectivity index (χ4v) is 3.14. The highest BCUT2D eigenvalue weighted by Crippen LogP contribution is 2.25. The number of ketones is 1. The minimum absolute atomic E-state index is 0.275. The maximum atomic E-state index is 11.4. The molecular formula is C14H22BrN3O. The fraction of sp³-hybridized carbons (Fsp3) is 0.714. The first-order chi connectivity index (χ1) is 9.02. The van der Waals surface area contributed by atoms with Crippen LogP contribution in [0, 0.1) is 12.8 Å². The van der Waals surface area contributed by atoms with Crippen molar-refractivity contribution in [3.63, 3.8) is 0 Å². The van der Waals surface area contributed by atoms with Crippen molar-refractivity contribution in [3.05, 3.63) is 15.9 Å². The van der Waals surface area contributed by atoms with Gasteiger partial charge in [-0.15, -0.1) is 0 Å². The SMILES string of the molecule is CCn1nc(C)c(Br)c1CN1CCC(C(C)=O)CC1. The lowest BCUT2D eigenvalue weighted by atomic mass is 9.93. The Morgan fingerprint density at radius 2 is 2.05 bits per heavy atom. The molecule has 19 heavy (non-hydrogen) atoms. The minimum Gasteiger partial charge on any atom is -0.300 e. The van der Waals surface area contributed by atoms with Crippen molar-refractivity contribution in [1.82, 2.24) is 14.7 Å². The number of hydrogen-bond donors (Lipinski definition) is 0. The lowest BCUT2D eigenvalue weighted by Gasteiger charge is -2.30. The van der Waals surface area contributed by atoms with Crippen LogP contribution in [-0.4, -0.2) is 33.6 Å². The molecule has 106 valence electrons. The topological polar surface area (TPSA) is 38.1 Å². The summed E-state index contributed by atoms with van der Waals surface area (Å²) in [7, 11) is 0. The number of aromatic nitrogens is 2. The van der Waals surface area contributed by atoms with Gasteiger partial charge in [-0.05, 0) is 62.6 Å². The zero-order valence-corrected chi connectivity index (χ0v) is 13.5. The second-order valence-corrected chi connectivity index (χ2v) is 6.12. The zero-order valence-electron chi connectivity index (χ0n) is 11.9. The number of Topliss-reactive ketones (excluding diaryl/α,β-unsaturated/α-hetero) is 1. The van der Waals surface area contributed by atoms with E-state index in [1.165, 1.54) is 5.69 Å². The first kappa shape index (κ1) is 14.7. The summed E-state index contributed by atoms with van der Waals surface area (Å²) < 4.78 is 3.19. The van der Waals surface area contributed by atoms with Crippen molar-refractivity contribution in [2.75, 3.05) is 13.1 Å². The summed E-state index contributed by atoms with van der Waals surface area (Å²) in [6.45, 7) is 9.68. The molecule has 0 N–H and O–H groups in total. The number of nitrogens with zero attached hydrogens (tertiary/aromatic N) is 3. The molecule has 1 aliphatic rings. The van der Waals surface area contributed by atoms with Gasteiger partial charge in [0.2, 0.25) is 0 Å². The van der Waals surface area contributed by atoms with Crippen molar-refractivity contribution >= 4 is 21.7 Å². The fourth-order valence-electron chi connectivity index (χ4n) is 2.73. The molecule has 2 rings (SSSR count). The van der Waals surface area contributed by atoms with Gasteiger partial charge in [-0.3, -0.25) is 14.4 Å². The van der Waals surface area contributed by atoms with Gasteiger partial charge in [0.05, 0.1) is 15.9 Å². The van der Waals surface area contributed by atoms with Crippen molar-refractivity contribution in [3.8, 4) is 0 Å². The van der Waals surface area contributed by atoms with E-state index in [2.05, 4.69) is 37.5 Å². The standard InChI is InChI=1S/C14H22BrN3O/c1-4-18-13(14(15)10(2)16-18)9-17-7-5-12(6-8-17)11(3)19/h12H,4-9H2,1-3H3. The number of rotatable bonds is 4. The van der Waals surface area contributed by atoms with Gasteiger partial charge in [0, 0.05) is 19.0 Å². The number of hydrogen-bond acceptors (Lipinski definition) is 3. The Labute approximate surface area is 123 Å². The number of carbonyl (C=O) groups excluding carboxylic acids is 1. The monoisotopic (exact) mass is 327 g/mol. The minimum atomic E-state index is 0.275. The maximum absolute atomic E-state index is 11.4. The van der Waals surface area contributed by atoms with Gasteiger partial charge >= 0.3 is 0 Å². The van der Waals surface area contributed by atoms with Gasteiger partial charge in [-0.25, -0.2) is 0 Å². The Morgan fingerprint density at radius 3 is 2.58 bits per heavy atom. The van der Waals surface area contributed by atoms with Crippen molar-refractivity contribution < 1.29 is 4.79 Å². The third-order valence-electron chi connectivity index (χ3n) is 3.99. The second kappa shape index (κ2) is 6.18. The van der Waals surface area contributed by atoms with Crippen LogP contribution in [0.1, 0.15) is 38.1 Å². The molecule has 0 aromatic carbocycles. The quantitative estimate of drug-likeness (QED) is 0.853. The summed E-state index contributed by atoms with van der Waals surface area (Å²) in [6.07, 6.45) is 1.98. The molecule has 0 radical (unpaired) electrons. The highest BCUT2D eigenvalue weighted by atomic mass is 79.9. The Kier molecular flexibility index (Phi) is 4.79. The van der Waals surface area contributed by atoms with E-state index in [-0.39, 0.29) is 5.92 Å². The number of piperidine rings is 1. The molecule has 0 bridgehead atoms. The van der Waals surface area contributed by atoms with Crippen LogP contribution >= 0.6 is 15.9 Å². The van der Waals surface area contributed by atoms with Gasteiger partial charge in [0.25, 0.3) is 0 Å². The summed E-state index contributed by atoms with van der Waals surface area (Å²) in [5, 5.41) is 4.53. The van der Waals surface area contributed by atoms with Crippen LogP contribution < -0.4 is 0 Å². The Bertz CT molecular complexity index is 462. The molecule has 1 saturated heterocycles. The Balaban J connectivity index is 2.01. The average Bonchev–Trinajstić information content (AvgIpc) is 2.67. The van der Waals surface area contributed by atoms with Crippen LogP contribution in [-0.2, 0) is 17.9 Å². The molecule has 1 aromatic heterocycles. The predicted octanol–water partition coefficient (Wildman–Crippen LogP) is 2.77. The van der Waals surface area contributed by atoms with E-state index in [0.717, 1.165) is 49.2 Å². The summed E-state index contributed by atoms with van der Waals surface area (Å²) in [5.41, 5.74) is 2.30. The lowest BCUT2D eigenvalue weighted by molar-refractivity contribution is -0.122. The Hall–Kier alpha value is -0.680. The van der Waals surface area contributed by atoms with E-state index >= 15 is 0 Å². The van der Waals surface area contributed by atoms with Crippen LogP contribution in [0.25, 0.3) is 0 Å². The first-order valence-corrected chi connectivity index (χ1v) is 7.76. The summed E-state index contributed by atoms with van der Waals surface area (Å²) in [4.78, 5) is 13.8. The first-order valence-electron chi connectivity index (χ1n) is 6.97. The molecule has 0 spiro atoms. The lowest BCUT2D eigenvalue weighted by Crippen LogP contribution is -2.35. The maximum Gasteiger partial charge on any atom is 0.133 e. The van der Waals surface area contributed by atoms with Gasteiger partial charge < -0.3 is 0 Å². The molecule has 0 aliphatic carbocycles. The van der Waals surface area contributed by atoms with E-state index in [4.69, 9.17) is 0 Å².